The molecule has 1 aromatic rings. The SMILES string of the molecule is CCN1CCN(C(=O)c2cc(Cl)c(N)cc2OC)CC1. The number of halogens is 1. The van der Waals surface area contributed by atoms with Gasteiger partial charge in [0.1, 0.15) is 5.75 Å². The highest BCUT2D eigenvalue weighted by molar-refractivity contribution is 6.33. The van der Waals surface area contributed by atoms with E-state index < -0.39 is 0 Å². The van der Waals surface area contributed by atoms with Gasteiger partial charge in [0.05, 0.1) is 23.4 Å². The fourth-order valence-corrected chi connectivity index (χ4v) is 2.51. The molecule has 1 saturated heterocycles. The molecule has 0 aromatic heterocycles. The van der Waals surface area contributed by atoms with Gasteiger partial charge in [-0.25, -0.2) is 0 Å². The molecule has 2 N–H and O–H groups in total. The third kappa shape index (κ3) is 2.99. The number of nitrogens with two attached hydrogens (primary N) is 1. The average molecular weight is 298 g/mol. The second kappa shape index (κ2) is 6.33. The average Bonchev–Trinajstić information content (AvgIpc) is 2.49. The Morgan fingerprint density at radius 2 is 2.00 bits per heavy atom. The van der Waals surface area contributed by atoms with Crippen LogP contribution in [0, 0.1) is 0 Å². The quantitative estimate of drug-likeness (QED) is 0.863. The topological polar surface area (TPSA) is 58.8 Å². The van der Waals surface area contributed by atoms with Gasteiger partial charge in [-0.05, 0) is 12.6 Å². The number of ether oxygens (including phenoxy) is 1. The summed E-state index contributed by atoms with van der Waals surface area (Å²) in [4.78, 5) is 16.7. The van der Waals surface area contributed by atoms with Crippen LogP contribution in [-0.4, -0.2) is 55.5 Å². The van der Waals surface area contributed by atoms with E-state index >= 15 is 0 Å². The van der Waals surface area contributed by atoms with Gasteiger partial charge in [0, 0.05) is 32.2 Å². The zero-order valence-electron chi connectivity index (χ0n) is 11.9. The molecule has 0 radical (unpaired) electrons. The number of hydrogen-bond acceptors (Lipinski definition) is 4. The number of rotatable bonds is 3. The Hall–Kier alpha value is -1.46. The van der Waals surface area contributed by atoms with Crippen LogP contribution in [0.15, 0.2) is 12.1 Å². The van der Waals surface area contributed by atoms with Crippen LogP contribution in [0.25, 0.3) is 0 Å². The first-order valence-electron chi connectivity index (χ1n) is 6.71. The van der Waals surface area contributed by atoms with Crippen LogP contribution in [0.1, 0.15) is 17.3 Å². The van der Waals surface area contributed by atoms with Gasteiger partial charge in [-0.15, -0.1) is 0 Å². The first-order valence-corrected chi connectivity index (χ1v) is 7.09. The zero-order chi connectivity index (χ0) is 14.7. The smallest absolute Gasteiger partial charge is 0.257 e. The normalized spacial score (nSPS) is 16.2. The van der Waals surface area contributed by atoms with Crippen LogP contribution in [0.4, 0.5) is 5.69 Å². The second-order valence-electron chi connectivity index (χ2n) is 4.80. The summed E-state index contributed by atoms with van der Waals surface area (Å²) >= 11 is 6.01. The minimum Gasteiger partial charge on any atom is -0.496 e. The number of methoxy groups -OCH3 is 1. The molecule has 0 spiro atoms. The summed E-state index contributed by atoms with van der Waals surface area (Å²) in [5, 5.41) is 0.376. The largest absolute Gasteiger partial charge is 0.496 e. The van der Waals surface area contributed by atoms with Crippen LogP contribution < -0.4 is 10.5 Å². The molecule has 1 aliphatic rings. The van der Waals surface area contributed by atoms with Gasteiger partial charge in [0.2, 0.25) is 0 Å². The van der Waals surface area contributed by atoms with E-state index in [0.29, 0.717) is 22.0 Å². The summed E-state index contributed by atoms with van der Waals surface area (Å²) < 4.78 is 5.24. The van der Waals surface area contributed by atoms with E-state index in [9.17, 15) is 4.79 Å². The number of amides is 1. The van der Waals surface area contributed by atoms with Crippen LogP contribution in [0.5, 0.6) is 5.75 Å². The number of carbonyl (C=O) groups excluding carboxylic acids is 1. The molecule has 1 heterocycles. The summed E-state index contributed by atoms with van der Waals surface area (Å²) in [7, 11) is 1.52. The van der Waals surface area contributed by atoms with Gasteiger partial charge in [0.15, 0.2) is 0 Å². The van der Waals surface area contributed by atoms with Gasteiger partial charge < -0.3 is 20.3 Å². The summed E-state index contributed by atoms with van der Waals surface area (Å²) in [6, 6.07) is 3.18. The van der Waals surface area contributed by atoms with Crippen LogP contribution >= 0.6 is 11.6 Å². The maximum absolute atomic E-state index is 12.6. The van der Waals surface area contributed by atoms with Gasteiger partial charge in [0.25, 0.3) is 5.91 Å². The summed E-state index contributed by atoms with van der Waals surface area (Å²) in [5.74, 6) is 0.411. The number of likely N-dealkylation sites (N-methyl/N-ethyl adjacent to an activating group) is 1. The van der Waals surface area contributed by atoms with Crippen molar-refractivity contribution in [3.8, 4) is 5.75 Å². The van der Waals surface area contributed by atoms with E-state index in [0.717, 1.165) is 32.7 Å². The van der Waals surface area contributed by atoms with Crippen molar-refractivity contribution in [2.45, 2.75) is 6.92 Å². The van der Waals surface area contributed by atoms with Crippen molar-refractivity contribution in [3.63, 3.8) is 0 Å². The molecule has 110 valence electrons. The highest BCUT2D eigenvalue weighted by Crippen LogP contribution is 2.29. The van der Waals surface area contributed by atoms with Crippen molar-refractivity contribution in [2.75, 3.05) is 45.6 Å². The van der Waals surface area contributed by atoms with E-state index in [1.807, 2.05) is 4.90 Å². The number of nitrogen functional groups attached to an aromatic ring is 1. The fraction of sp³-hybridized carbons (Fsp3) is 0.500. The Morgan fingerprint density at radius 1 is 1.35 bits per heavy atom. The number of nitrogens with zero attached hydrogens (tertiary/aromatic N) is 2. The molecule has 0 aliphatic carbocycles. The Kier molecular flexibility index (Phi) is 4.73. The molecule has 0 saturated carbocycles. The molecule has 0 atom stereocenters. The Morgan fingerprint density at radius 3 is 2.55 bits per heavy atom. The lowest BCUT2D eigenvalue weighted by Crippen LogP contribution is -2.48. The number of piperazine rings is 1. The number of benzene rings is 1. The van der Waals surface area contributed by atoms with Crippen LogP contribution in [-0.2, 0) is 0 Å². The molecule has 2 rings (SSSR count). The molecule has 1 aromatic carbocycles. The van der Waals surface area contributed by atoms with Crippen molar-refractivity contribution in [3.05, 3.63) is 22.7 Å². The summed E-state index contributed by atoms with van der Waals surface area (Å²) in [6.07, 6.45) is 0. The highest BCUT2D eigenvalue weighted by atomic mass is 35.5. The van der Waals surface area contributed by atoms with Crippen LogP contribution in [0.2, 0.25) is 5.02 Å². The monoisotopic (exact) mass is 297 g/mol. The van der Waals surface area contributed by atoms with Crippen molar-refractivity contribution >= 4 is 23.2 Å². The molecule has 5 nitrogen and oxygen atoms in total. The number of hydrogen-bond donors (Lipinski definition) is 1. The fourth-order valence-electron chi connectivity index (χ4n) is 2.34. The molecule has 0 bridgehead atoms. The highest BCUT2D eigenvalue weighted by Gasteiger charge is 2.24. The number of carbonyl (C=O) groups is 1. The van der Waals surface area contributed by atoms with Gasteiger partial charge >= 0.3 is 0 Å². The predicted octanol–water partition coefficient (Wildman–Crippen LogP) is 1.71. The van der Waals surface area contributed by atoms with Gasteiger partial charge in [-0.2, -0.15) is 0 Å². The maximum Gasteiger partial charge on any atom is 0.257 e. The molecular formula is C14H20ClN3O2. The Labute approximate surface area is 124 Å². The second-order valence-corrected chi connectivity index (χ2v) is 5.21. The third-order valence-electron chi connectivity index (χ3n) is 3.66. The van der Waals surface area contributed by atoms with Crippen molar-refractivity contribution in [2.24, 2.45) is 0 Å². The van der Waals surface area contributed by atoms with E-state index in [4.69, 9.17) is 22.1 Å². The van der Waals surface area contributed by atoms with E-state index in [-0.39, 0.29) is 5.91 Å². The molecule has 20 heavy (non-hydrogen) atoms. The van der Waals surface area contributed by atoms with Crippen molar-refractivity contribution in [1.29, 1.82) is 0 Å². The predicted molar refractivity (Wildman–Crippen MR) is 80.4 cm³/mol. The Balaban J connectivity index is 2.19. The summed E-state index contributed by atoms with van der Waals surface area (Å²) in [6.45, 7) is 6.37. The van der Waals surface area contributed by atoms with Crippen LogP contribution in [0.3, 0.4) is 0 Å². The zero-order valence-corrected chi connectivity index (χ0v) is 12.6. The first-order chi connectivity index (χ1) is 9.56. The van der Waals surface area contributed by atoms with Gasteiger partial charge in [-0.3, -0.25) is 4.79 Å². The molecule has 1 fully saturated rings. The molecule has 6 heteroatoms. The van der Waals surface area contributed by atoms with Crippen molar-refractivity contribution < 1.29 is 9.53 Å². The first kappa shape index (κ1) is 14.9. The number of anilines is 1. The minimum absolute atomic E-state index is 0.0560. The van der Waals surface area contributed by atoms with Crippen molar-refractivity contribution in [1.82, 2.24) is 9.80 Å². The molecular weight excluding hydrogens is 278 g/mol. The molecule has 0 unspecified atom stereocenters. The van der Waals surface area contributed by atoms with E-state index in [1.54, 1.807) is 12.1 Å². The van der Waals surface area contributed by atoms with E-state index in [2.05, 4.69) is 11.8 Å². The molecule has 1 amide bonds. The lowest BCUT2D eigenvalue weighted by Gasteiger charge is -2.34. The summed E-state index contributed by atoms with van der Waals surface area (Å²) in [5.41, 5.74) is 6.62. The molecule has 1 aliphatic heterocycles. The Bertz CT molecular complexity index is 499. The third-order valence-corrected chi connectivity index (χ3v) is 3.98. The lowest BCUT2D eigenvalue weighted by atomic mass is 10.1. The minimum atomic E-state index is -0.0560. The standard InChI is InChI=1S/C14H20ClN3O2/c1-3-17-4-6-18(7-5-17)14(19)10-8-11(15)12(16)9-13(10)20-2/h8-9H,3-7,16H2,1-2H3. The van der Waals surface area contributed by atoms with Gasteiger partial charge in [-0.1, -0.05) is 18.5 Å². The van der Waals surface area contributed by atoms with E-state index in [1.165, 1.54) is 7.11 Å². The maximum atomic E-state index is 12.6. The lowest BCUT2D eigenvalue weighted by molar-refractivity contribution is 0.0640.